The zero-order valence-electron chi connectivity index (χ0n) is 27.2. The second-order valence-corrected chi connectivity index (χ2v) is 13.4. The molecule has 0 fully saturated rings. The van der Waals surface area contributed by atoms with Gasteiger partial charge in [0.1, 0.15) is 30.3 Å². The summed E-state index contributed by atoms with van der Waals surface area (Å²) in [6.45, 7) is 11.2. The number of benzene rings is 2. The molecule has 0 amide bonds. The average molecular weight is 614 g/mol. The van der Waals surface area contributed by atoms with Crippen molar-refractivity contribution < 1.29 is 19.0 Å². The number of rotatable bonds is 8. The lowest BCUT2D eigenvalue weighted by molar-refractivity contribution is -0.0172. The monoisotopic (exact) mass is 613 g/mol. The summed E-state index contributed by atoms with van der Waals surface area (Å²) in [5, 5.41) is 12.3. The van der Waals surface area contributed by atoms with Gasteiger partial charge in [-0.3, -0.25) is 9.28 Å². The van der Waals surface area contributed by atoms with Gasteiger partial charge in [-0.2, -0.15) is 0 Å². The van der Waals surface area contributed by atoms with Gasteiger partial charge in [0.05, 0.1) is 49.2 Å². The standard InChI is InChI=1S/C36H42FN4O4/c1-9-36(43)22(4)44-20-28-29(36)15-32-33-24(17-40(32)35(28)42)14-26-27(18-39(5)6)34(30(37)16-31(26)38-33)41(7,8)19-23-10-12-25(13-11-23)45-21(2)3/h10-16,21,43H,4,9,17-20H2,1-3,5-8H3/q+1/t36-/m1/s1. The van der Waals surface area contributed by atoms with E-state index < -0.39 is 5.60 Å². The molecule has 1 N–H and O–H groups in total. The smallest absolute Gasteiger partial charge is 0.258 e. The largest absolute Gasteiger partial charge is 0.491 e. The molecule has 6 rings (SSSR count). The lowest BCUT2D eigenvalue weighted by Gasteiger charge is -2.35. The Kier molecular flexibility index (Phi) is 7.62. The van der Waals surface area contributed by atoms with E-state index >= 15 is 4.39 Å². The van der Waals surface area contributed by atoms with Gasteiger partial charge in [0, 0.05) is 40.3 Å². The zero-order valence-corrected chi connectivity index (χ0v) is 27.2. The Morgan fingerprint density at radius 2 is 1.91 bits per heavy atom. The molecule has 0 radical (unpaired) electrons. The number of ether oxygens (including phenoxy) is 2. The van der Waals surface area contributed by atoms with Crippen LogP contribution in [-0.2, 0) is 36.6 Å². The molecule has 9 heteroatoms. The van der Waals surface area contributed by atoms with Crippen LogP contribution in [0.15, 0.2) is 59.6 Å². The molecular formula is C36H42FN4O4+. The number of hydrogen-bond donors (Lipinski definition) is 1. The Bertz CT molecular complexity index is 1890. The maximum absolute atomic E-state index is 16.4. The van der Waals surface area contributed by atoms with Crippen LogP contribution >= 0.6 is 0 Å². The van der Waals surface area contributed by atoms with Gasteiger partial charge >= 0.3 is 0 Å². The van der Waals surface area contributed by atoms with E-state index in [2.05, 4.69) is 12.6 Å². The third-order valence-electron chi connectivity index (χ3n) is 8.96. The minimum absolute atomic E-state index is 0.0589. The number of quaternary nitrogens is 1. The summed E-state index contributed by atoms with van der Waals surface area (Å²) in [5.41, 5.74) is 4.42. The van der Waals surface area contributed by atoms with Crippen LogP contribution in [0.25, 0.3) is 22.3 Å². The lowest BCUT2D eigenvalue weighted by atomic mass is 9.84. The third kappa shape index (κ3) is 5.22. The Hall–Kier alpha value is -4.05. The van der Waals surface area contributed by atoms with E-state index in [1.807, 2.05) is 84.2 Å². The molecule has 1 atom stereocenters. The molecule has 2 aliphatic rings. The number of pyridine rings is 2. The van der Waals surface area contributed by atoms with Gasteiger partial charge in [0.2, 0.25) is 0 Å². The fourth-order valence-corrected chi connectivity index (χ4v) is 6.87. The number of nitrogens with zero attached hydrogens (tertiary/aromatic N) is 4. The molecule has 8 nitrogen and oxygen atoms in total. The number of hydrogen-bond acceptors (Lipinski definition) is 6. The highest BCUT2D eigenvalue weighted by Gasteiger charge is 2.41. The summed E-state index contributed by atoms with van der Waals surface area (Å²) in [6, 6.07) is 13.4. The van der Waals surface area contributed by atoms with Gasteiger partial charge in [-0.15, -0.1) is 0 Å². The van der Waals surface area contributed by atoms with Gasteiger partial charge in [0.25, 0.3) is 5.56 Å². The summed E-state index contributed by atoms with van der Waals surface area (Å²) < 4.78 is 29.8. The Labute approximate surface area is 263 Å². The molecular weight excluding hydrogens is 571 g/mol. The number of fused-ring (bicyclic) bond motifs is 5. The molecule has 0 unspecified atom stereocenters. The molecule has 0 saturated heterocycles. The summed E-state index contributed by atoms with van der Waals surface area (Å²) in [5.74, 6) is 0.711. The van der Waals surface area contributed by atoms with E-state index in [1.165, 1.54) is 6.07 Å². The third-order valence-corrected chi connectivity index (χ3v) is 8.96. The molecule has 0 bridgehead atoms. The fourth-order valence-electron chi connectivity index (χ4n) is 6.87. The highest BCUT2D eigenvalue weighted by molar-refractivity contribution is 5.90. The van der Waals surface area contributed by atoms with Gasteiger partial charge in [-0.05, 0) is 70.8 Å². The van der Waals surface area contributed by atoms with Crippen LogP contribution in [0, 0.1) is 5.82 Å². The molecule has 45 heavy (non-hydrogen) atoms. The van der Waals surface area contributed by atoms with Crippen LogP contribution in [-0.4, -0.2) is 53.9 Å². The van der Waals surface area contributed by atoms with Crippen LogP contribution in [0.1, 0.15) is 55.0 Å². The maximum Gasteiger partial charge on any atom is 0.258 e. The lowest BCUT2D eigenvalue weighted by Crippen LogP contribution is -2.41. The molecule has 0 aliphatic carbocycles. The van der Waals surface area contributed by atoms with Crippen LogP contribution in [0.3, 0.4) is 0 Å². The van der Waals surface area contributed by atoms with Crippen molar-refractivity contribution in [1.29, 1.82) is 0 Å². The van der Waals surface area contributed by atoms with Crippen LogP contribution in [0.2, 0.25) is 0 Å². The first-order valence-electron chi connectivity index (χ1n) is 15.4. The van der Waals surface area contributed by atoms with Gasteiger partial charge in [-0.1, -0.05) is 13.5 Å². The number of halogens is 1. The average Bonchev–Trinajstić information content (AvgIpc) is 3.32. The van der Waals surface area contributed by atoms with Crippen LogP contribution in [0.4, 0.5) is 10.1 Å². The summed E-state index contributed by atoms with van der Waals surface area (Å²) in [7, 11) is 7.99. The molecule has 0 spiro atoms. The number of aliphatic hydroxyl groups is 1. The van der Waals surface area contributed by atoms with Crippen LogP contribution in [0.5, 0.6) is 5.75 Å². The first-order chi connectivity index (χ1) is 21.2. The highest BCUT2D eigenvalue weighted by atomic mass is 19.1. The minimum Gasteiger partial charge on any atom is -0.491 e. The van der Waals surface area contributed by atoms with Crippen molar-refractivity contribution >= 4 is 16.6 Å². The van der Waals surface area contributed by atoms with Crippen molar-refractivity contribution in [2.24, 2.45) is 0 Å². The quantitative estimate of drug-likeness (QED) is 0.222. The first-order valence-corrected chi connectivity index (χ1v) is 15.4. The minimum atomic E-state index is -1.47. The topological polar surface area (TPSA) is 76.8 Å². The highest BCUT2D eigenvalue weighted by Crippen LogP contribution is 2.43. The van der Waals surface area contributed by atoms with Crippen molar-refractivity contribution in [3.05, 3.63) is 98.8 Å². The van der Waals surface area contributed by atoms with Crippen molar-refractivity contribution in [3.63, 3.8) is 0 Å². The summed E-state index contributed by atoms with van der Waals surface area (Å²) in [4.78, 5) is 20.7. The zero-order chi connectivity index (χ0) is 32.4. The Morgan fingerprint density at radius 1 is 1.20 bits per heavy atom. The predicted molar refractivity (Wildman–Crippen MR) is 176 cm³/mol. The molecule has 4 heterocycles. The van der Waals surface area contributed by atoms with Gasteiger partial charge < -0.3 is 24.0 Å². The molecule has 2 aliphatic heterocycles. The predicted octanol–water partition coefficient (Wildman–Crippen LogP) is 5.82. The maximum atomic E-state index is 16.4. The first kappa shape index (κ1) is 31.0. The fraction of sp³-hybridized carbons (Fsp3) is 0.389. The molecule has 236 valence electrons. The Morgan fingerprint density at radius 3 is 2.56 bits per heavy atom. The van der Waals surface area contributed by atoms with E-state index in [-0.39, 0.29) is 34.3 Å². The SMILES string of the molecule is C=C1OCc2c(cc3n(c2=O)Cc2cc4c(CN(C)C)c([N+](C)(C)Cc5ccc(OC(C)C)cc5)c(F)cc4nc2-3)[C@@]1(O)CC. The normalized spacial score (nSPS) is 17.4. The molecule has 0 saturated carbocycles. The van der Waals surface area contributed by atoms with Crippen LogP contribution < -0.4 is 14.8 Å². The van der Waals surface area contributed by atoms with E-state index in [4.69, 9.17) is 14.5 Å². The van der Waals surface area contributed by atoms with Crippen molar-refractivity contribution in [3.8, 4) is 17.1 Å². The second kappa shape index (κ2) is 11.1. The van der Waals surface area contributed by atoms with Crippen molar-refractivity contribution in [2.75, 3.05) is 28.2 Å². The Balaban J connectivity index is 1.47. The molecule has 4 aromatic rings. The summed E-state index contributed by atoms with van der Waals surface area (Å²) in [6.07, 6.45) is 0.398. The summed E-state index contributed by atoms with van der Waals surface area (Å²) >= 11 is 0. The van der Waals surface area contributed by atoms with E-state index in [1.54, 1.807) is 4.57 Å². The molecule has 2 aromatic heterocycles. The second-order valence-electron chi connectivity index (χ2n) is 13.4. The van der Waals surface area contributed by atoms with Crippen molar-refractivity contribution in [1.82, 2.24) is 18.9 Å². The number of aromatic nitrogens is 2. The van der Waals surface area contributed by atoms with Gasteiger partial charge in [0.15, 0.2) is 11.5 Å². The van der Waals surface area contributed by atoms with E-state index in [0.717, 1.165) is 27.8 Å². The van der Waals surface area contributed by atoms with E-state index in [0.29, 0.717) is 59.8 Å². The molecule has 2 aromatic carbocycles. The van der Waals surface area contributed by atoms with Gasteiger partial charge in [-0.25, -0.2) is 9.37 Å². The van der Waals surface area contributed by atoms with E-state index in [9.17, 15) is 9.90 Å². The van der Waals surface area contributed by atoms with Crippen molar-refractivity contribution in [2.45, 2.75) is 65.1 Å².